The topological polar surface area (TPSA) is 521 Å². The van der Waals surface area contributed by atoms with Gasteiger partial charge in [-0.15, -0.1) is 59.6 Å². The smallest absolute Gasteiger partial charge is 0.363 e. The number of alkyl halides is 3. The van der Waals surface area contributed by atoms with Crippen molar-refractivity contribution in [3.05, 3.63) is 183 Å². The summed E-state index contributed by atoms with van der Waals surface area (Å²) in [4.78, 5) is 43.6. The highest BCUT2D eigenvalue weighted by Crippen LogP contribution is 2.31. The largest absolute Gasteiger partial charge is 0.465 e. The van der Waals surface area contributed by atoms with Crippen LogP contribution in [0, 0.1) is 26.0 Å². The highest BCUT2D eigenvalue weighted by atomic mass is 36.0. The molecule has 0 aliphatic heterocycles. The fourth-order valence-corrected chi connectivity index (χ4v) is 15.9. The molecule has 0 spiro atoms. The zero-order chi connectivity index (χ0) is 102. The number of halogens is 14. The van der Waals surface area contributed by atoms with Crippen molar-refractivity contribution in [2.24, 2.45) is 5.73 Å². The second-order valence-electron chi connectivity index (χ2n) is 27.5. The number of sulfone groups is 6. The number of nitrogens with one attached hydrogen (secondary N) is 2. The molecular weight excluding hydrogens is 2190 g/mol. The van der Waals surface area contributed by atoms with Crippen LogP contribution in [0.4, 0.5) is 32.8 Å². The van der Waals surface area contributed by atoms with Crippen LogP contribution in [-0.4, -0.2) is 241 Å². The van der Waals surface area contributed by atoms with Gasteiger partial charge in [0.05, 0.1) is 107 Å². The molecule has 9 rings (SSSR count). The number of methoxy groups -OCH3 is 1. The Kier molecular flexibility index (Phi) is 69.0. The number of nitrogen functional groups attached to an aromatic ring is 1. The molecule has 3 heterocycles. The van der Waals surface area contributed by atoms with E-state index in [4.69, 9.17) is 139 Å². The number of carbonyl (C=O) groups excluding carboxylic acids is 1. The molecule has 57 heteroatoms. The summed E-state index contributed by atoms with van der Waals surface area (Å²) in [5.74, 6) is 1.61. The van der Waals surface area contributed by atoms with E-state index in [9.17, 15) is 85.0 Å². The summed E-state index contributed by atoms with van der Waals surface area (Å²) in [6.07, 6.45) is 8.85. The zero-order valence-electron chi connectivity index (χ0n) is 75.0. The van der Waals surface area contributed by atoms with Crippen LogP contribution < -0.4 is 22.1 Å². The Morgan fingerprint density at radius 3 is 1.14 bits per heavy atom. The summed E-state index contributed by atoms with van der Waals surface area (Å²) in [5, 5.41) is 39.1. The van der Waals surface area contributed by atoms with E-state index in [2.05, 4.69) is 51.7 Å². The minimum atomic E-state index is -3.01. The fraction of sp³-hybridized carbons (Fsp3) is 0.487. The predicted octanol–water partition coefficient (Wildman–Crippen LogP) is 17.2. The van der Waals surface area contributed by atoms with Crippen molar-refractivity contribution in [1.29, 1.82) is 0 Å². The third-order valence-corrected chi connectivity index (χ3v) is 24.0. The molecular formula is C78H112Cl13FN12O24S7. The van der Waals surface area contributed by atoms with Gasteiger partial charge in [-0.3, -0.25) is 20.2 Å². The van der Waals surface area contributed by atoms with Crippen LogP contribution in [0.2, 0.25) is 30.1 Å². The van der Waals surface area contributed by atoms with Crippen molar-refractivity contribution in [2.75, 3.05) is 147 Å². The first kappa shape index (κ1) is 134. The van der Waals surface area contributed by atoms with Crippen molar-refractivity contribution in [3.63, 3.8) is 0 Å². The van der Waals surface area contributed by atoms with Gasteiger partial charge in [0.2, 0.25) is 21.3 Å². The van der Waals surface area contributed by atoms with Gasteiger partial charge >= 0.3 is 11.7 Å². The van der Waals surface area contributed by atoms with E-state index in [0.717, 1.165) is 57.5 Å². The van der Waals surface area contributed by atoms with E-state index in [1.807, 2.05) is 45.7 Å². The molecule has 0 bridgehead atoms. The molecule has 6 aromatic carbocycles. The van der Waals surface area contributed by atoms with Crippen LogP contribution in [0.1, 0.15) is 90.0 Å². The number of nitro groups is 2. The van der Waals surface area contributed by atoms with Gasteiger partial charge in [0.15, 0.2) is 5.82 Å². The molecule has 36 nitrogen and oxygen atoms in total. The number of nitro benzene ring substituents is 2. The lowest BCUT2D eigenvalue weighted by molar-refractivity contribution is -0.387. The monoisotopic (exact) mass is 2300 g/mol. The van der Waals surface area contributed by atoms with Crippen LogP contribution in [0.25, 0.3) is 33.1 Å². The molecule has 7 N–H and O–H groups in total. The van der Waals surface area contributed by atoms with Crippen LogP contribution in [0.5, 0.6) is 0 Å². The summed E-state index contributed by atoms with van der Waals surface area (Å²) in [6.45, 7) is 11.9. The van der Waals surface area contributed by atoms with Crippen LogP contribution >= 0.6 is 151 Å². The first-order chi connectivity index (χ1) is 61.9. The van der Waals surface area contributed by atoms with Crippen molar-refractivity contribution in [2.45, 2.75) is 111 Å². The molecule has 0 atom stereocenters. The van der Waals surface area contributed by atoms with E-state index < -0.39 is 108 Å². The van der Waals surface area contributed by atoms with E-state index in [1.165, 1.54) is 62.7 Å². The first-order valence-corrected chi connectivity index (χ1v) is 58.3. The number of anilines is 3. The van der Waals surface area contributed by atoms with Crippen LogP contribution in [0.3, 0.4) is 0 Å². The number of esters is 1. The van der Waals surface area contributed by atoms with Gasteiger partial charge in [-0.05, 0) is 170 Å². The lowest BCUT2D eigenvalue weighted by atomic mass is 10.2. The number of aromatic nitrogens is 6. The highest BCUT2D eigenvalue weighted by Gasteiger charge is 2.24. The minimum absolute atomic E-state index is 0. The van der Waals surface area contributed by atoms with Gasteiger partial charge in [0, 0.05) is 160 Å². The standard InChI is InChI=1S/C16H23ClN2O4S.C12H14Cl2N2O2S.C12H15ClN2O3S.C10H13ClN2O4S.C10H15ClN2O2S.C7H14O4.C6H3ClFNO2.C4H11NO2S.CH2Cl2.Cl2OS.2ClH/c1-4-22-16(23-5-2)15-18-13-11-12(17)7-8-14(13)19(15)9-6-10-24(3,20)21;1-19(17,18)6-2-5-16-11-4-3-9(14)7-10(11)15-12(16)8-13;1-19(17,18)6-2-5-15-11-4-3-9(13)7-10(11)14-12(15)8-16;1-18(16,17)6-2-5-12-9-4-3-8(11)7-10(9)13(14)15;1-16(14,15)6-2-5-13-10-4-3-8(11)7-9(10)12;1-4-10-7(11-5-2)6(8)9-3;7-4-1-2-5(8)6(3-4)9(10)11;1-8(6,7)4-2-3-5;2-1-3;1-4(2)3;;/h7-8,11,16H,4-6,9-10H2,1-3H3;3-4,7H,2,5-6,8H2,1H3;3-4,7,16H,2,5-6,8H2,1H3;3-4,7,12H,2,5-6H2,1H3;3-4,7,13H,2,5-6,12H2,1H3;7H,4-5H2,1-3H3;1-3H;2-5H2,1H3;1H2;;2*1H. The Morgan fingerprint density at radius 2 is 0.800 bits per heavy atom. The summed E-state index contributed by atoms with van der Waals surface area (Å²) >= 11 is 50.1. The Labute approximate surface area is 856 Å². The normalized spacial score (nSPS) is 11.2. The molecule has 0 amide bonds. The number of nitrogens with zero attached hydrogens (tertiary/aromatic N) is 8. The average Bonchev–Trinajstić information content (AvgIpc) is 1.65. The van der Waals surface area contributed by atoms with Crippen molar-refractivity contribution >= 4 is 286 Å². The quantitative estimate of drug-likeness (QED) is 0.00349. The van der Waals surface area contributed by atoms with Gasteiger partial charge < -0.3 is 64.6 Å². The number of ether oxygens (including phenoxy) is 5. The summed E-state index contributed by atoms with van der Waals surface area (Å²) in [5.41, 5.74) is 16.6. The first-order valence-electron chi connectivity index (χ1n) is 39.3. The molecule has 9 aromatic rings. The lowest BCUT2D eigenvalue weighted by Crippen LogP contribution is -2.28. The number of nitrogens with two attached hydrogens (primary N) is 2. The lowest BCUT2D eigenvalue weighted by Gasteiger charge is -2.18. The third-order valence-electron chi connectivity index (χ3n) is 16.2. The second-order valence-corrected chi connectivity index (χ2v) is 47.3. The molecule has 0 aliphatic rings. The number of hydrogen-bond donors (Lipinski definition) is 5. The van der Waals surface area contributed by atoms with E-state index >= 15 is 0 Å². The third kappa shape index (κ3) is 60.6. The van der Waals surface area contributed by atoms with E-state index in [0.29, 0.717) is 153 Å². The van der Waals surface area contributed by atoms with Gasteiger partial charge in [-0.1, -0.05) is 69.6 Å². The zero-order valence-corrected chi connectivity index (χ0v) is 90.7. The predicted molar refractivity (Wildman–Crippen MR) is 550 cm³/mol. The minimum Gasteiger partial charge on any atom is -0.465 e. The number of hydrogen-bond acceptors (Lipinski definition) is 31. The molecule has 0 fully saturated rings. The molecule has 0 saturated heterocycles. The molecule has 3 aromatic heterocycles. The van der Waals surface area contributed by atoms with Crippen molar-refractivity contribution in [3.8, 4) is 0 Å². The second kappa shape index (κ2) is 69.6. The number of aliphatic hydroxyl groups excluding tert-OH is 1. The molecule has 0 unspecified atom stereocenters. The number of rotatable bonds is 39. The van der Waals surface area contributed by atoms with Gasteiger partial charge in [0.25, 0.3) is 12.0 Å². The summed E-state index contributed by atoms with van der Waals surface area (Å²) in [7, 11) is -8.93. The van der Waals surface area contributed by atoms with E-state index in [-0.39, 0.29) is 92.9 Å². The summed E-state index contributed by atoms with van der Waals surface area (Å²) < 4.78 is 185. The SMILES string of the molecule is CCOC(OCC)C(=O)OC.CCOC(OCC)c1nc2cc(Cl)ccc2n1CCCS(C)(=O)=O.CS(=O)(=O)CCCN.CS(=O)(=O)CCCNc1ccc(Cl)cc1N.CS(=O)(=O)CCCNc1ccc(Cl)cc1[N+](=O)[O-].CS(=O)(=O)CCCn1c(CCl)nc2cc(Cl)ccc21.CS(=O)(=O)CCCn1c(CO)nc2cc(Cl)ccc21.Cl.Cl.ClCCl.O=S(Cl)Cl.O=[N+]([O-])c1cc(Cl)ccc1F. The maximum atomic E-state index is 12.5. The molecule has 0 radical (unpaired) electrons. The molecule has 0 aliphatic carbocycles. The Morgan fingerprint density at radius 1 is 0.489 bits per heavy atom. The number of aliphatic hydroxyl groups is 1. The number of aryl methyl sites for hydroxylation is 3. The van der Waals surface area contributed by atoms with Crippen molar-refractivity contribution in [1.82, 2.24) is 28.7 Å². The Hall–Kier alpha value is -5.29. The summed E-state index contributed by atoms with van der Waals surface area (Å²) in [6, 6.07) is 28.8. The molecule has 135 heavy (non-hydrogen) atoms. The van der Waals surface area contributed by atoms with E-state index in [1.54, 1.807) is 68.4 Å². The Balaban J connectivity index is -0.00000148. The number of carbonyl (C=O) groups is 1. The fourth-order valence-electron chi connectivity index (χ4n) is 10.7. The molecule has 0 saturated carbocycles. The van der Waals surface area contributed by atoms with Crippen LogP contribution in [-0.2, 0) is 129 Å². The van der Waals surface area contributed by atoms with Gasteiger partial charge in [-0.2, -0.15) is 4.39 Å². The number of fused-ring (bicyclic) bond motifs is 3. The molecule has 768 valence electrons. The maximum absolute atomic E-state index is 12.5. The Bertz CT molecular complexity index is 5740. The van der Waals surface area contributed by atoms with Crippen LogP contribution in [0.15, 0.2) is 109 Å². The average molecular weight is 2310 g/mol. The highest BCUT2D eigenvalue weighted by molar-refractivity contribution is 8.26. The number of benzene rings is 6. The maximum Gasteiger partial charge on any atom is 0.363 e. The van der Waals surface area contributed by atoms with Gasteiger partial charge in [-0.25, -0.2) is 74.5 Å². The number of imidazole rings is 3. The van der Waals surface area contributed by atoms with Gasteiger partial charge in [0.1, 0.15) is 83.0 Å². The van der Waals surface area contributed by atoms with Crippen molar-refractivity contribution < 1.29 is 103 Å².